The zero-order valence-electron chi connectivity index (χ0n) is 12.5. The average molecular weight is 261 g/mol. The third kappa shape index (κ3) is 3.97. The van der Waals surface area contributed by atoms with E-state index in [0.29, 0.717) is 6.10 Å². The van der Waals surface area contributed by atoms with Gasteiger partial charge in [0.2, 0.25) is 0 Å². The number of hydrogen-bond donors (Lipinski definition) is 1. The first-order chi connectivity index (χ1) is 9.12. The van der Waals surface area contributed by atoms with Crippen LogP contribution in [-0.2, 0) is 5.41 Å². The first-order valence-electron chi connectivity index (χ1n) is 7.60. The van der Waals surface area contributed by atoms with Gasteiger partial charge in [0.1, 0.15) is 5.75 Å². The zero-order chi connectivity index (χ0) is 13.7. The lowest BCUT2D eigenvalue weighted by molar-refractivity contribution is 0.210. The normalized spacial score (nSPS) is 16.8. The van der Waals surface area contributed by atoms with Crippen molar-refractivity contribution in [2.75, 3.05) is 13.1 Å². The highest BCUT2D eigenvalue weighted by Gasteiger charge is 2.20. The molecule has 1 N–H and O–H groups in total. The van der Waals surface area contributed by atoms with Crippen LogP contribution in [0.25, 0.3) is 0 Å². The fourth-order valence-electron chi connectivity index (χ4n) is 2.72. The van der Waals surface area contributed by atoms with Gasteiger partial charge in [0.05, 0.1) is 6.10 Å². The number of hydrogen-bond acceptors (Lipinski definition) is 2. The number of nitrogens with one attached hydrogen (secondary N) is 1. The van der Waals surface area contributed by atoms with Crippen LogP contribution in [0.3, 0.4) is 0 Å². The van der Waals surface area contributed by atoms with Crippen LogP contribution in [0.1, 0.15) is 52.0 Å². The van der Waals surface area contributed by atoms with Crippen molar-refractivity contribution in [1.82, 2.24) is 5.32 Å². The molecule has 0 aliphatic heterocycles. The number of ether oxygens (including phenoxy) is 1. The van der Waals surface area contributed by atoms with Crippen molar-refractivity contribution < 1.29 is 4.74 Å². The molecule has 106 valence electrons. The Bertz CT molecular complexity index is 377. The smallest absolute Gasteiger partial charge is 0.119 e. The molecular formula is C17H27NO. The van der Waals surface area contributed by atoms with Crippen LogP contribution in [0.15, 0.2) is 24.3 Å². The summed E-state index contributed by atoms with van der Waals surface area (Å²) in [5, 5.41) is 3.43. The fraction of sp³-hybridized carbons (Fsp3) is 0.647. The Morgan fingerprint density at radius 1 is 1.16 bits per heavy atom. The van der Waals surface area contributed by atoms with E-state index in [1.165, 1.54) is 31.2 Å². The van der Waals surface area contributed by atoms with Gasteiger partial charge in [-0.05, 0) is 49.9 Å². The van der Waals surface area contributed by atoms with E-state index in [4.69, 9.17) is 4.74 Å². The van der Waals surface area contributed by atoms with Crippen LogP contribution >= 0.6 is 0 Å². The van der Waals surface area contributed by atoms with E-state index in [-0.39, 0.29) is 5.41 Å². The summed E-state index contributed by atoms with van der Waals surface area (Å²) >= 11 is 0. The summed E-state index contributed by atoms with van der Waals surface area (Å²) in [5.41, 5.74) is 1.54. The Kier molecular flexibility index (Phi) is 4.87. The molecule has 0 saturated heterocycles. The lowest BCUT2D eigenvalue weighted by Gasteiger charge is -2.26. The van der Waals surface area contributed by atoms with Crippen molar-refractivity contribution in [2.45, 2.75) is 58.0 Å². The van der Waals surface area contributed by atoms with Gasteiger partial charge in [-0.15, -0.1) is 0 Å². The molecule has 0 heterocycles. The SMILES string of the molecule is CCNCC(C)(C)c1ccc(OC2CCCC2)cc1. The second-order valence-corrected chi connectivity index (χ2v) is 6.21. The van der Waals surface area contributed by atoms with Gasteiger partial charge in [0.25, 0.3) is 0 Å². The molecule has 0 atom stereocenters. The van der Waals surface area contributed by atoms with Gasteiger partial charge in [0.15, 0.2) is 0 Å². The summed E-state index contributed by atoms with van der Waals surface area (Å²) in [7, 11) is 0. The van der Waals surface area contributed by atoms with Gasteiger partial charge in [-0.25, -0.2) is 0 Å². The van der Waals surface area contributed by atoms with Crippen LogP contribution in [-0.4, -0.2) is 19.2 Å². The molecule has 0 bridgehead atoms. The maximum atomic E-state index is 6.01. The summed E-state index contributed by atoms with van der Waals surface area (Å²) in [6.07, 6.45) is 5.51. The number of likely N-dealkylation sites (N-methyl/N-ethyl adjacent to an activating group) is 1. The standard InChI is InChI=1S/C17H27NO/c1-4-18-13-17(2,3)14-9-11-16(12-10-14)19-15-7-5-6-8-15/h9-12,15,18H,4-8,13H2,1-3H3. The maximum Gasteiger partial charge on any atom is 0.119 e. The summed E-state index contributed by atoms with van der Waals surface area (Å²) < 4.78 is 6.01. The highest BCUT2D eigenvalue weighted by molar-refractivity contribution is 5.32. The molecule has 0 spiro atoms. The van der Waals surface area contributed by atoms with Gasteiger partial charge in [-0.2, -0.15) is 0 Å². The van der Waals surface area contributed by atoms with E-state index in [1.54, 1.807) is 0 Å². The maximum absolute atomic E-state index is 6.01. The Labute approximate surface area is 117 Å². The molecule has 1 aromatic carbocycles. The molecule has 1 aliphatic rings. The predicted molar refractivity (Wildman–Crippen MR) is 80.9 cm³/mol. The lowest BCUT2D eigenvalue weighted by Crippen LogP contribution is -2.32. The molecule has 0 aromatic heterocycles. The Balaban J connectivity index is 1.96. The van der Waals surface area contributed by atoms with E-state index in [1.807, 2.05) is 0 Å². The first kappa shape index (κ1) is 14.4. The summed E-state index contributed by atoms with van der Waals surface area (Å²) in [6, 6.07) is 8.67. The van der Waals surface area contributed by atoms with Gasteiger partial charge < -0.3 is 10.1 Å². The highest BCUT2D eigenvalue weighted by Crippen LogP contribution is 2.27. The van der Waals surface area contributed by atoms with Crippen LogP contribution in [0.2, 0.25) is 0 Å². The molecule has 0 radical (unpaired) electrons. The molecular weight excluding hydrogens is 234 g/mol. The van der Waals surface area contributed by atoms with Crippen molar-refractivity contribution in [3.63, 3.8) is 0 Å². The van der Waals surface area contributed by atoms with Gasteiger partial charge in [-0.1, -0.05) is 32.9 Å². The van der Waals surface area contributed by atoms with E-state index >= 15 is 0 Å². The Hall–Kier alpha value is -1.02. The van der Waals surface area contributed by atoms with Crippen molar-refractivity contribution in [3.8, 4) is 5.75 Å². The van der Waals surface area contributed by atoms with Crippen molar-refractivity contribution in [2.24, 2.45) is 0 Å². The molecule has 19 heavy (non-hydrogen) atoms. The second-order valence-electron chi connectivity index (χ2n) is 6.21. The van der Waals surface area contributed by atoms with Crippen molar-refractivity contribution >= 4 is 0 Å². The van der Waals surface area contributed by atoms with Crippen molar-refractivity contribution in [1.29, 1.82) is 0 Å². The molecule has 1 aromatic rings. The minimum absolute atomic E-state index is 0.169. The minimum Gasteiger partial charge on any atom is -0.490 e. The monoisotopic (exact) mass is 261 g/mol. The third-order valence-electron chi connectivity index (χ3n) is 4.06. The molecule has 0 unspecified atom stereocenters. The van der Waals surface area contributed by atoms with E-state index in [9.17, 15) is 0 Å². The van der Waals surface area contributed by atoms with Gasteiger partial charge >= 0.3 is 0 Å². The summed E-state index contributed by atoms with van der Waals surface area (Å²) in [4.78, 5) is 0. The first-order valence-corrected chi connectivity index (χ1v) is 7.60. The average Bonchev–Trinajstić information content (AvgIpc) is 2.90. The minimum atomic E-state index is 0.169. The number of rotatable bonds is 6. The summed E-state index contributed by atoms with van der Waals surface area (Å²) in [6.45, 7) is 8.73. The zero-order valence-corrected chi connectivity index (χ0v) is 12.5. The molecule has 2 heteroatoms. The number of benzene rings is 1. The molecule has 0 amide bonds. The molecule has 2 nitrogen and oxygen atoms in total. The van der Waals surface area contributed by atoms with Crippen LogP contribution in [0.4, 0.5) is 0 Å². The largest absolute Gasteiger partial charge is 0.490 e. The van der Waals surface area contributed by atoms with E-state index < -0.39 is 0 Å². The van der Waals surface area contributed by atoms with Gasteiger partial charge in [-0.3, -0.25) is 0 Å². The Morgan fingerprint density at radius 2 is 1.79 bits per heavy atom. The molecule has 1 saturated carbocycles. The molecule has 1 aliphatic carbocycles. The fourth-order valence-corrected chi connectivity index (χ4v) is 2.72. The highest BCUT2D eigenvalue weighted by atomic mass is 16.5. The van der Waals surface area contributed by atoms with Crippen LogP contribution in [0.5, 0.6) is 5.75 Å². The molecule has 1 fully saturated rings. The summed E-state index contributed by atoms with van der Waals surface area (Å²) in [5.74, 6) is 1.02. The van der Waals surface area contributed by atoms with Crippen LogP contribution in [0, 0.1) is 0 Å². The third-order valence-corrected chi connectivity index (χ3v) is 4.06. The van der Waals surface area contributed by atoms with Crippen molar-refractivity contribution in [3.05, 3.63) is 29.8 Å². The van der Waals surface area contributed by atoms with E-state index in [0.717, 1.165) is 18.8 Å². The molecule has 2 rings (SSSR count). The topological polar surface area (TPSA) is 21.3 Å². The lowest BCUT2D eigenvalue weighted by atomic mass is 9.84. The second kappa shape index (κ2) is 6.42. The van der Waals surface area contributed by atoms with Gasteiger partial charge in [0, 0.05) is 12.0 Å². The van der Waals surface area contributed by atoms with Crippen LogP contribution < -0.4 is 10.1 Å². The van der Waals surface area contributed by atoms with E-state index in [2.05, 4.69) is 50.4 Å². The predicted octanol–water partition coefficient (Wildman–Crippen LogP) is 3.90. The Morgan fingerprint density at radius 3 is 2.37 bits per heavy atom. The quantitative estimate of drug-likeness (QED) is 0.838.